The van der Waals surface area contributed by atoms with Crippen molar-refractivity contribution in [1.82, 2.24) is 0 Å². The second kappa shape index (κ2) is 8.73. The molecule has 0 aliphatic carbocycles. The predicted octanol–water partition coefficient (Wildman–Crippen LogP) is 5.22. The van der Waals surface area contributed by atoms with Gasteiger partial charge in [0.1, 0.15) is 0 Å². The van der Waals surface area contributed by atoms with Gasteiger partial charge in [-0.15, -0.1) is 11.8 Å². The summed E-state index contributed by atoms with van der Waals surface area (Å²) in [6.07, 6.45) is 0. The first-order valence-corrected chi connectivity index (χ1v) is 11.3. The fraction of sp³-hybridized carbons (Fsp3) is 0.0500. The lowest BCUT2D eigenvalue weighted by atomic mass is 10.2. The lowest BCUT2D eigenvalue weighted by Crippen LogP contribution is -2.12. The van der Waals surface area contributed by atoms with Gasteiger partial charge in [0.25, 0.3) is 10.0 Å². The van der Waals surface area contributed by atoms with E-state index < -0.39 is 10.0 Å². The normalized spacial score (nSPS) is 11.1. The number of rotatable bonds is 7. The fourth-order valence-corrected chi connectivity index (χ4v) is 4.44. The Labute approximate surface area is 171 Å². The van der Waals surface area contributed by atoms with Gasteiger partial charge in [0, 0.05) is 20.6 Å². The molecule has 0 spiro atoms. The Balaban J connectivity index is 1.60. The van der Waals surface area contributed by atoms with Crippen LogP contribution in [0.1, 0.15) is 10.4 Å². The van der Waals surface area contributed by atoms with Crippen molar-refractivity contribution in [3.63, 3.8) is 0 Å². The lowest BCUT2D eigenvalue weighted by Gasteiger charge is -2.09. The molecular weight excluding hydrogens is 446 g/mol. The van der Waals surface area contributed by atoms with E-state index in [1.165, 1.54) is 11.8 Å². The number of nitrogens with one attached hydrogen (secondary N) is 1. The number of carbonyl (C=O) groups is 1. The molecule has 3 aromatic carbocycles. The minimum Gasteiger partial charge on any atom is -0.293 e. The maximum absolute atomic E-state index is 12.3. The number of carbonyl (C=O) groups excluding carboxylic acids is 1. The summed E-state index contributed by atoms with van der Waals surface area (Å²) in [5.74, 6) is 0.359. The van der Waals surface area contributed by atoms with Crippen LogP contribution in [0.3, 0.4) is 0 Å². The summed E-state index contributed by atoms with van der Waals surface area (Å²) < 4.78 is 28.1. The van der Waals surface area contributed by atoms with Gasteiger partial charge < -0.3 is 0 Å². The second-order valence-electron chi connectivity index (χ2n) is 5.66. The molecule has 1 N–H and O–H groups in total. The van der Waals surface area contributed by atoms with Crippen LogP contribution in [0.15, 0.2) is 93.1 Å². The molecule has 0 radical (unpaired) electrons. The molecule has 0 saturated heterocycles. The standard InChI is InChI=1S/C20H16BrNO3S2/c21-16-8-6-15(7-9-16)20(23)14-26-18-12-10-17(11-13-18)22-27(24,25)19-4-2-1-3-5-19/h1-13,22H,14H2. The van der Waals surface area contributed by atoms with Crippen LogP contribution in [-0.2, 0) is 10.0 Å². The Hall–Kier alpha value is -2.09. The average Bonchev–Trinajstić information content (AvgIpc) is 2.68. The first-order valence-electron chi connectivity index (χ1n) is 8.03. The third kappa shape index (κ3) is 5.45. The molecule has 4 nitrogen and oxygen atoms in total. The molecular formula is C20H16BrNO3S2. The highest BCUT2D eigenvalue weighted by atomic mass is 79.9. The Kier molecular flexibility index (Phi) is 6.36. The van der Waals surface area contributed by atoms with Crippen molar-refractivity contribution in [1.29, 1.82) is 0 Å². The van der Waals surface area contributed by atoms with Gasteiger partial charge in [-0.2, -0.15) is 0 Å². The van der Waals surface area contributed by atoms with Crippen LogP contribution in [0.2, 0.25) is 0 Å². The number of anilines is 1. The maximum atomic E-state index is 12.3. The van der Waals surface area contributed by atoms with Crippen molar-refractivity contribution >= 4 is 49.2 Å². The lowest BCUT2D eigenvalue weighted by molar-refractivity contribution is 0.102. The number of Topliss-reactive ketones (excluding diaryl/α,β-unsaturated/α-hetero) is 1. The molecule has 0 aliphatic rings. The van der Waals surface area contributed by atoms with Gasteiger partial charge in [-0.3, -0.25) is 9.52 Å². The van der Waals surface area contributed by atoms with Crippen molar-refractivity contribution in [2.45, 2.75) is 9.79 Å². The summed E-state index contributed by atoms with van der Waals surface area (Å²) >= 11 is 4.76. The van der Waals surface area contributed by atoms with Crippen LogP contribution in [0, 0.1) is 0 Å². The fourth-order valence-electron chi connectivity index (χ4n) is 2.30. The molecule has 138 valence electrons. The number of hydrogen-bond donors (Lipinski definition) is 1. The van der Waals surface area contributed by atoms with Crippen LogP contribution in [-0.4, -0.2) is 20.0 Å². The Morgan fingerprint density at radius 2 is 1.52 bits per heavy atom. The molecule has 0 fully saturated rings. The number of ketones is 1. The highest BCUT2D eigenvalue weighted by molar-refractivity contribution is 9.10. The highest BCUT2D eigenvalue weighted by Crippen LogP contribution is 2.23. The smallest absolute Gasteiger partial charge is 0.261 e. The van der Waals surface area contributed by atoms with E-state index in [4.69, 9.17) is 0 Å². The number of benzene rings is 3. The Bertz CT molecular complexity index is 1020. The van der Waals surface area contributed by atoms with Crippen molar-refractivity contribution in [3.05, 3.63) is 88.9 Å². The van der Waals surface area contributed by atoms with Gasteiger partial charge in [0.05, 0.1) is 10.6 Å². The van der Waals surface area contributed by atoms with Gasteiger partial charge in [-0.1, -0.05) is 46.3 Å². The minimum absolute atomic E-state index is 0.0429. The number of hydrogen-bond acceptors (Lipinski definition) is 4. The molecule has 0 atom stereocenters. The van der Waals surface area contributed by atoms with E-state index in [-0.39, 0.29) is 10.7 Å². The summed E-state index contributed by atoms with van der Waals surface area (Å²) in [5, 5.41) is 0. The van der Waals surface area contributed by atoms with Crippen molar-refractivity contribution in [3.8, 4) is 0 Å². The molecule has 0 saturated carbocycles. The van der Waals surface area contributed by atoms with E-state index in [0.717, 1.165) is 9.37 Å². The summed E-state index contributed by atoms with van der Waals surface area (Å²) in [4.78, 5) is 13.3. The quantitative estimate of drug-likeness (QED) is 0.386. The first kappa shape index (κ1) is 19.7. The van der Waals surface area contributed by atoms with E-state index in [0.29, 0.717) is 17.0 Å². The summed E-state index contributed by atoms with van der Waals surface area (Å²) in [6.45, 7) is 0. The monoisotopic (exact) mass is 461 g/mol. The van der Waals surface area contributed by atoms with E-state index in [1.54, 1.807) is 66.7 Å². The number of sulfonamides is 1. The van der Waals surface area contributed by atoms with Gasteiger partial charge in [0.2, 0.25) is 0 Å². The molecule has 0 amide bonds. The molecule has 27 heavy (non-hydrogen) atoms. The summed E-state index contributed by atoms with van der Waals surface area (Å²) in [7, 11) is -3.61. The van der Waals surface area contributed by atoms with Crippen molar-refractivity contribution in [2.75, 3.05) is 10.5 Å². The SMILES string of the molecule is O=C(CSc1ccc(NS(=O)(=O)c2ccccc2)cc1)c1ccc(Br)cc1. The molecule has 0 bridgehead atoms. The zero-order valence-corrected chi connectivity index (χ0v) is 17.4. The van der Waals surface area contributed by atoms with Crippen LogP contribution in [0.5, 0.6) is 0 Å². The summed E-state index contributed by atoms with van der Waals surface area (Å²) in [6, 6.07) is 22.4. The van der Waals surface area contributed by atoms with Gasteiger partial charge >= 0.3 is 0 Å². The molecule has 0 heterocycles. The average molecular weight is 462 g/mol. The van der Waals surface area contributed by atoms with Gasteiger partial charge in [-0.05, 0) is 48.5 Å². The van der Waals surface area contributed by atoms with Crippen molar-refractivity contribution in [2.24, 2.45) is 0 Å². The molecule has 0 unspecified atom stereocenters. The van der Waals surface area contributed by atoms with E-state index in [9.17, 15) is 13.2 Å². The van der Waals surface area contributed by atoms with E-state index >= 15 is 0 Å². The first-order chi connectivity index (χ1) is 12.9. The number of thioether (sulfide) groups is 1. The molecule has 0 aliphatic heterocycles. The highest BCUT2D eigenvalue weighted by Gasteiger charge is 2.13. The van der Waals surface area contributed by atoms with Crippen LogP contribution in [0.4, 0.5) is 5.69 Å². The predicted molar refractivity (Wildman–Crippen MR) is 113 cm³/mol. The Morgan fingerprint density at radius 1 is 0.889 bits per heavy atom. The van der Waals surface area contributed by atoms with Crippen LogP contribution < -0.4 is 4.72 Å². The van der Waals surface area contributed by atoms with Gasteiger partial charge in [0.15, 0.2) is 5.78 Å². The molecule has 3 aromatic rings. The van der Waals surface area contributed by atoms with E-state index in [2.05, 4.69) is 20.7 Å². The maximum Gasteiger partial charge on any atom is 0.261 e. The zero-order valence-electron chi connectivity index (χ0n) is 14.1. The summed E-state index contributed by atoms with van der Waals surface area (Å²) in [5.41, 5.74) is 1.14. The topological polar surface area (TPSA) is 63.2 Å². The third-order valence-electron chi connectivity index (χ3n) is 3.70. The molecule has 3 rings (SSSR count). The zero-order chi connectivity index (χ0) is 19.3. The molecule has 7 heteroatoms. The van der Waals surface area contributed by atoms with E-state index in [1.807, 2.05) is 12.1 Å². The Morgan fingerprint density at radius 3 is 2.15 bits per heavy atom. The minimum atomic E-state index is -3.61. The largest absolute Gasteiger partial charge is 0.293 e. The van der Waals surface area contributed by atoms with Crippen LogP contribution >= 0.6 is 27.7 Å². The van der Waals surface area contributed by atoms with Gasteiger partial charge in [-0.25, -0.2) is 8.42 Å². The third-order valence-corrected chi connectivity index (χ3v) is 6.63. The van der Waals surface area contributed by atoms with Crippen LogP contribution in [0.25, 0.3) is 0 Å². The second-order valence-corrected chi connectivity index (χ2v) is 9.31. The molecule has 0 aromatic heterocycles. The number of halogens is 1. The van der Waals surface area contributed by atoms with Crippen molar-refractivity contribution < 1.29 is 13.2 Å².